The summed E-state index contributed by atoms with van der Waals surface area (Å²) in [6.07, 6.45) is 0. The summed E-state index contributed by atoms with van der Waals surface area (Å²) in [6, 6.07) is 39.1. The molecule has 0 N–H and O–H groups in total. The predicted molar refractivity (Wildman–Crippen MR) is 133 cm³/mol. The fourth-order valence-corrected chi connectivity index (χ4v) is 5.69. The Morgan fingerprint density at radius 3 is 1.91 bits per heavy atom. The van der Waals surface area contributed by atoms with Crippen LogP contribution in [0.25, 0.3) is 0 Å². The van der Waals surface area contributed by atoms with E-state index in [0.29, 0.717) is 0 Å². The van der Waals surface area contributed by atoms with Gasteiger partial charge in [-0.1, -0.05) is 91.0 Å². The Kier molecular flexibility index (Phi) is 4.58. The molecule has 3 nitrogen and oxygen atoms in total. The first-order valence-electron chi connectivity index (χ1n) is 11.5. The summed E-state index contributed by atoms with van der Waals surface area (Å²) in [4.78, 5) is 7.80. The average molecular weight is 431 g/mol. The highest BCUT2D eigenvalue weighted by molar-refractivity contribution is 6.06. The molecule has 0 amide bonds. The normalized spacial score (nSPS) is 20.2. The maximum Gasteiger partial charge on any atom is 0.124 e. The molecule has 2 aliphatic rings. The lowest BCUT2D eigenvalue weighted by molar-refractivity contribution is 0.122. The van der Waals surface area contributed by atoms with Gasteiger partial charge in [-0.2, -0.15) is 0 Å². The fourth-order valence-electron chi connectivity index (χ4n) is 5.69. The molecule has 2 atom stereocenters. The van der Waals surface area contributed by atoms with Gasteiger partial charge in [-0.3, -0.25) is 0 Å². The van der Waals surface area contributed by atoms with Crippen molar-refractivity contribution in [2.24, 2.45) is 4.99 Å². The van der Waals surface area contributed by atoms with E-state index in [0.717, 1.165) is 17.3 Å². The fraction of sp³-hybridized carbons (Fsp3) is 0.167. The number of aliphatic imine (C=N–C) groups is 1. The van der Waals surface area contributed by atoms with Crippen molar-refractivity contribution in [1.82, 2.24) is 4.90 Å². The van der Waals surface area contributed by atoms with E-state index < -0.39 is 0 Å². The van der Waals surface area contributed by atoms with Crippen LogP contribution in [0, 0.1) is 0 Å². The minimum Gasteiger partial charge on any atom is -0.497 e. The quantitative estimate of drug-likeness (QED) is 0.354. The number of para-hydroxylation sites is 1. The average Bonchev–Trinajstić information content (AvgIpc) is 2.88. The standard InChI is InChI=1S/C30H26N2O/c1-21-26-15-9-10-16-27(26)31-29-30(23-11-5-3-6-12-23,24-13-7-4-8-14-24)28(32(21)29)22-17-19-25(33-2)20-18-22/h3-21,28H,1-2H3/t21-,28-/m0/s1. The molecule has 6 rings (SSSR count). The van der Waals surface area contributed by atoms with Gasteiger partial charge in [0.25, 0.3) is 0 Å². The molecule has 0 spiro atoms. The molecule has 0 aromatic heterocycles. The zero-order valence-corrected chi connectivity index (χ0v) is 18.8. The van der Waals surface area contributed by atoms with Gasteiger partial charge in [-0.25, -0.2) is 4.99 Å². The molecule has 33 heavy (non-hydrogen) atoms. The molecule has 0 radical (unpaired) electrons. The zero-order chi connectivity index (χ0) is 22.4. The molecule has 3 heteroatoms. The summed E-state index contributed by atoms with van der Waals surface area (Å²) in [7, 11) is 1.71. The number of methoxy groups -OCH3 is 1. The van der Waals surface area contributed by atoms with Crippen molar-refractivity contribution in [3.05, 3.63) is 131 Å². The summed E-state index contributed by atoms with van der Waals surface area (Å²) in [6.45, 7) is 2.30. The van der Waals surface area contributed by atoms with Crippen LogP contribution >= 0.6 is 0 Å². The van der Waals surface area contributed by atoms with Gasteiger partial charge < -0.3 is 9.64 Å². The van der Waals surface area contributed by atoms with E-state index >= 15 is 0 Å². The van der Waals surface area contributed by atoms with Crippen molar-refractivity contribution < 1.29 is 4.74 Å². The minimum absolute atomic E-state index is 0.107. The second-order valence-corrected chi connectivity index (χ2v) is 8.79. The molecule has 1 saturated heterocycles. The van der Waals surface area contributed by atoms with E-state index in [-0.39, 0.29) is 17.5 Å². The molecule has 0 saturated carbocycles. The minimum atomic E-state index is -0.376. The Hall–Kier alpha value is -3.85. The zero-order valence-electron chi connectivity index (χ0n) is 18.8. The highest BCUT2D eigenvalue weighted by Crippen LogP contribution is 2.61. The van der Waals surface area contributed by atoms with Crippen LogP contribution in [0.15, 0.2) is 114 Å². The number of hydrogen-bond acceptors (Lipinski definition) is 3. The molecular formula is C30H26N2O. The largest absolute Gasteiger partial charge is 0.497 e. The van der Waals surface area contributed by atoms with Crippen LogP contribution in [-0.4, -0.2) is 17.8 Å². The van der Waals surface area contributed by atoms with Crippen LogP contribution in [0.1, 0.15) is 41.3 Å². The number of hydrogen-bond donors (Lipinski definition) is 0. The second-order valence-electron chi connectivity index (χ2n) is 8.79. The molecule has 4 aromatic rings. The summed E-state index contributed by atoms with van der Waals surface area (Å²) in [5.41, 5.74) is 5.75. The third kappa shape index (κ3) is 2.78. The van der Waals surface area contributed by atoms with Crippen LogP contribution in [0.3, 0.4) is 0 Å². The van der Waals surface area contributed by atoms with Gasteiger partial charge in [0, 0.05) is 5.56 Å². The molecule has 0 unspecified atom stereocenters. The van der Waals surface area contributed by atoms with Gasteiger partial charge in [-0.05, 0) is 41.8 Å². The molecule has 0 bridgehead atoms. The Morgan fingerprint density at radius 1 is 0.727 bits per heavy atom. The third-order valence-corrected chi connectivity index (χ3v) is 7.21. The summed E-state index contributed by atoms with van der Waals surface area (Å²) >= 11 is 0. The smallest absolute Gasteiger partial charge is 0.124 e. The van der Waals surface area contributed by atoms with E-state index in [4.69, 9.17) is 9.73 Å². The van der Waals surface area contributed by atoms with Crippen molar-refractivity contribution in [3.63, 3.8) is 0 Å². The summed E-state index contributed by atoms with van der Waals surface area (Å²) in [5.74, 6) is 1.99. The van der Waals surface area contributed by atoms with Crippen molar-refractivity contribution in [2.75, 3.05) is 7.11 Å². The number of amidine groups is 1. The van der Waals surface area contributed by atoms with Gasteiger partial charge in [-0.15, -0.1) is 0 Å². The maximum absolute atomic E-state index is 5.46. The van der Waals surface area contributed by atoms with Crippen molar-refractivity contribution >= 4 is 11.5 Å². The van der Waals surface area contributed by atoms with Gasteiger partial charge in [0.15, 0.2) is 0 Å². The van der Waals surface area contributed by atoms with Crippen LogP contribution in [0.2, 0.25) is 0 Å². The molecule has 0 aliphatic carbocycles. The van der Waals surface area contributed by atoms with Crippen LogP contribution in [0.4, 0.5) is 5.69 Å². The van der Waals surface area contributed by atoms with Gasteiger partial charge in [0.1, 0.15) is 17.0 Å². The Labute approximate surface area is 195 Å². The monoisotopic (exact) mass is 430 g/mol. The Bertz CT molecular complexity index is 1270. The highest BCUT2D eigenvalue weighted by Gasteiger charge is 2.63. The van der Waals surface area contributed by atoms with Gasteiger partial charge in [0.05, 0.1) is 24.9 Å². The van der Waals surface area contributed by atoms with Gasteiger partial charge >= 0.3 is 0 Å². The van der Waals surface area contributed by atoms with Crippen LogP contribution in [0.5, 0.6) is 5.75 Å². The lowest BCUT2D eigenvalue weighted by Gasteiger charge is -2.63. The van der Waals surface area contributed by atoms with Crippen LogP contribution < -0.4 is 4.74 Å². The van der Waals surface area contributed by atoms with Crippen molar-refractivity contribution in [1.29, 1.82) is 0 Å². The molecule has 2 aliphatic heterocycles. The third-order valence-electron chi connectivity index (χ3n) is 7.21. The number of benzene rings is 4. The van der Waals surface area contributed by atoms with E-state index in [9.17, 15) is 0 Å². The van der Waals surface area contributed by atoms with Crippen LogP contribution in [-0.2, 0) is 5.41 Å². The molecule has 1 fully saturated rings. The number of nitrogens with zero attached hydrogens (tertiary/aromatic N) is 2. The van der Waals surface area contributed by atoms with E-state index in [1.54, 1.807) is 7.11 Å². The van der Waals surface area contributed by atoms with Gasteiger partial charge in [0.2, 0.25) is 0 Å². The molecule has 162 valence electrons. The first kappa shape index (κ1) is 19.8. The maximum atomic E-state index is 5.46. The first-order chi connectivity index (χ1) is 16.2. The topological polar surface area (TPSA) is 24.8 Å². The lowest BCUT2D eigenvalue weighted by atomic mass is 9.58. The molecule has 4 aromatic carbocycles. The Morgan fingerprint density at radius 2 is 1.30 bits per heavy atom. The van der Waals surface area contributed by atoms with E-state index in [1.807, 2.05) is 0 Å². The van der Waals surface area contributed by atoms with Crippen molar-refractivity contribution in [2.45, 2.75) is 24.4 Å². The lowest BCUT2D eigenvalue weighted by Crippen LogP contribution is -2.67. The van der Waals surface area contributed by atoms with Crippen molar-refractivity contribution in [3.8, 4) is 5.75 Å². The first-order valence-corrected chi connectivity index (χ1v) is 11.5. The molecular weight excluding hydrogens is 404 g/mol. The summed E-state index contributed by atoms with van der Waals surface area (Å²) in [5, 5.41) is 0. The number of ether oxygens (including phenoxy) is 1. The van der Waals surface area contributed by atoms with E-state index in [1.165, 1.54) is 22.3 Å². The second kappa shape index (κ2) is 7.63. The number of fused-ring (bicyclic) bond motifs is 2. The highest BCUT2D eigenvalue weighted by atomic mass is 16.5. The Balaban J connectivity index is 1.66. The summed E-state index contributed by atoms with van der Waals surface area (Å²) < 4.78 is 5.46. The number of rotatable bonds is 4. The van der Waals surface area contributed by atoms with E-state index in [2.05, 4.69) is 121 Å². The SMILES string of the molecule is COc1ccc([C@@H]2N3C(=Nc4ccccc4[C@@H]3C)C2(c2ccccc2)c2ccccc2)cc1. The predicted octanol–water partition coefficient (Wildman–Crippen LogP) is 6.84. The molecule has 2 heterocycles.